The lowest BCUT2D eigenvalue weighted by molar-refractivity contribution is 0.246. The maximum atomic E-state index is 9.84. The van der Waals surface area contributed by atoms with E-state index in [2.05, 4.69) is 8.37 Å². The number of hydrogen-bond donors (Lipinski definition) is 2. The molecule has 0 radical (unpaired) electrons. The van der Waals surface area contributed by atoms with Crippen LogP contribution in [0.3, 0.4) is 0 Å². The van der Waals surface area contributed by atoms with Crippen LogP contribution in [0.2, 0.25) is 0 Å². The summed E-state index contributed by atoms with van der Waals surface area (Å²) in [4.78, 5) is 0. The Bertz CT molecular complexity index is 131. The van der Waals surface area contributed by atoms with Crippen LogP contribution in [-0.2, 0) is 31.1 Å². The van der Waals surface area contributed by atoms with Crippen molar-refractivity contribution in [1.82, 2.24) is 0 Å². The molecular weight excluding hydrogens is 196 g/mol. The standard InChI is InChI=1S/C3H8O6S2/c4-10(5)8-2-1-3-9-11(6)7/h1-3H2,(H,4,5)(H,6,7). The average molecular weight is 204 g/mol. The van der Waals surface area contributed by atoms with Gasteiger partial charge in [-0.2, -0.15) is 8.42 Å². The van der Waals surface area contributed by atoms with E-state index in [0.29, 0.717) is 6.42 Å². The van der Waals surface area contributed by atoms with Crippen molar-refractivity contribution in [3.05, 3.63) is 0 Å². The molecule has 8 heteroatoms. The molecule has 2 unspecified atom stereocenters. The van der Waals surface area contributed by atoms with Gasteiger partial charge in [0.15, 0.2) is 0 Å². The summed E-state index contributed by atoms with van der Waals surface area (Å²) in [5, 5.41) is 0. The van der Waals surface area contributed by atoms with Crippen LogP contribution in [0.1, 0.15) is 6.42 Å². The van der Waals surface area contributed by atoms with Crippen LogP contribution < -0.4 is 0 Å². The molecule has 2 atom stereocenters. The first-order valence-electron chi connectivity index (χ1n) is 2.61. The van der Waals surface area contributed by atoms with Gasteiger partial charge in [-0.05, 0) is 6.42 Å². The van der Waals surface area contributed by atoms with E-state index in [4.69, 9.17) is 9.11 Å². The predicted octanol–water partition coefficient (Wildman–Crippen LogP) is -0.317. The van der Waals surface area contributed by atoms with Crippen LogP contribution in [0, 0.1) is 0 Å². The molecule has 0 bridgehead atoms. The molecule has 0 aromatic rings. The Kier molecular flexibility index (Phi) is 6.91. The normalized spacial score (nSPS) is 16.2. The molecule has 0 heterocycles. The van der Waals surface area contributed by atoms with Crippen molar-refractivity contribution in [3.63, 3.8) is 0 Å². The van der Waals surface area contributed by atoms with Gasteiger partial charge >= 0.3 is 22.7 Å². The molecule has 0 saturated heterocycles. The topological polar surface area (TPSA) is 93.1 Å². The third kappa shape index (κ3) is 10.1. The highest BCUT2D eigenvalue weighted by Crippen LogP contribution is 1.88. The van der Waals surface area contributed by atoms with E-state index in [1.54, 1.807) is 0 Å². The van der Waals surface area contributed by atoms with Gasteiger partial charge in [-0.15, -0.1) is 0 Å². The zero-order valence-corrected chi connectivity index (χ0v) is 7.10. The Balaban J connectivity index is 3.03. The molecule has 6 nitrogen and oxygen atoms in total. The molecule has 68 valence electrons. The first-order valence-corrected chi connectivity index (χ1v) is 4.67. The van der Waals surface area contributed by atoms with Crippen molar-refractivity contribution in [2.75, 3.05) is 13.2 Å². The summed E-state index contributed by atoms with van der Waals surface area (Å²) in [6.45, 7) is 0.0284. The lowest BCUT2D eigenvalue weighted by Crippen LogP contribution is -2.03. The molecule has 0 spiro atoms. The monoisotopic (exact) mass is 204 g/mol. The number of rotatable bonds is 6. The second kappa shape index (κ2) is 6.83. The van der Waals surface area contributed by atoms with Crippen LogP contribution in [-0.4, -0.2) is 30.7 Å². The Morgan fingerprint density at radius 1 is 1.00 bits per heavy atom. The van der Waals surface area contributed by atoms with Gasteiger partial charge in [0.25, 0.3) is 0 Å². The summed E-state index contributed by atoms with van der Waals surface area (Å²) in [6.07, 6.45) is 0.290. The zero-order chi connectivity index (χ0) is 8.69. The van der Waals surface area contributed by atoms with Gasteiger partial charge in [-0.1, -0.05) is 0 Å². The highest BCUT2D eigenvalue weighted by molar-refractivity contribution is 7.74. The summed E-state index contributed by atoms with van der Waals surface area (Å²) < 4.78 is 44.2. The molecule has 0 aromatic heterocycles. The lowest BCUT2D eigenvalue weighted by Gasteiger charge is -1.97. The van der Waals surface area contributed by atoms with Crippen molar-refractivity contribution < 1.29 is 25.9 Å². The molecule has 2 N–H and O–H groups in total. The Labute approximate surface area is 68.9 Å². The van der Waals surface area contributed by atoms with Crippen LogP contribution in [0.4, 0.5) is 0 Å². The predicted molar refractivity (Wildman–Crippen MR) is 38.1 cm³/mol. The smallest absolute Gasteiger partial charge is 0.284 e. The molecule has 0 aliphatic heterocycles. The van der Waals surface area contributed by atoms with E-state index < -0.39 is 22.7 Å². The molecule has 0 fully saturated rings. The third-order valence-corrected chi connectivity index (χ3v) is 1.39. The first-order chi connectivity index (χ1) is 5.13. The van der Waals surface area contributed by atoms with Gasteiger partial charge in [-0.25, -0.2) is 0 Å². The van der Waals surface area contributed by atoms with E-state index in [-0.39, 0.29) is 13.2 Å². The molecule has 11 heavy (non-hydrogen) atoms. The molecule has 0 amide bonds. The van der Waals surface area contributed by atoms with Gasteiger partial charge in [-0.3, -0.25) is 17.5 Å². The van der Waals surface area contributed by atoms with Crippen molar-refractivity contribution in [3.8, 4) is 0 Å². The summed E-state index contributed by atoms with van der Waals surface area (Å²) in [5.74, 6) is 0. The average Bonchev–Trinajstić information content (AvgIpc) is 1.85. The fraction of sp³-hybridized carbons (Fsp3) is 1.00. The molecular formula is C3H8O6S2. The summed E-state index contributed by atoms with van der Waals surface area (Å²) >= 11 is -4.55. The minimum atomic E-state index is -2.27. The maximum Gasteiger partial charge on any atom is 0.301 e. The van der Waals surface area contributed by atoms with Gasteiger partial charge in [0, 0.05) is 0 Å². The third-order valence-electron chi connectivity index (χ3n) is 0.657. The SMILES string of the molecule is O=S(O)OCCCOS(=O)O. The van der Waals surface area contributed by atoms with Gasteiger partial charge in [0.2, 0.25) is 0 Å². The van der Waals surface area contributed by atoms with Crippen LogP contribution in [0.15, 0.2) is 0 Å². The highest BCUT2D eigenvalue weighted by Gasteiger charge is 1.95. The van der Waals surface area contributed by atoms with E-state index >= 15 is 0 Å². The van der Waals surface area contributed by atoms with Crippen molar-refractivity contribution in [2.45, 2.75) is 6.42 Å². The molecule has 0 aliphatic carbocycles. The second-order valence-electron chi connectivity index (χ2n) is 1.43. The maximum absolute atomic E-state index is 9.84. The fourth-order valence-electron chi connectivity index (χ4n) is 0.319. The zero-order valence-electron chi connectivity index (χ0n) is 5.47. The molecule has 0 aromatic carbocycles. The van der Waals surface area contributed by atoms with E-state index in [1.165, 1.54) is 0 Å². The Morgan fingerprint density at radius 2 is 1.36 bits per heavy atom. The largest absolute Gasteiger partial charge is 0.301 e. The lowest BCUT2D eigenvalue weighted by atomic mass is 10.5. The van der Waals surface area contributed by atoms with Crippen molar-refractivity contribution in [2.24, 2.45) is 0 Å². The minimum Gasteiger partial charge on any atom is -0.284 e. The molecule has 0 saturated carbocycles. The second-order valence-corrected chi connectivity index (χ2v) is 2.77. The Morgan fingerprint density at radius 3 is 1.64 bits per heavy atom. The van der Waals surface area contributed by atoms with Gasteiger partial charge < -0.3 is 0 Å². The number of hydrogen-bond acceptors (Lipinski definition) is 4. The summed E-state index contributed by atoms with van der Waals surface area (Å²) in [7, 11) is 0. The quantitative estimate of drug-likeness (QED) is 0.455. The summed E-state index contributed by atoms with van der Waals surface area (Å²) in [5.41, 5.74) is 0. The van der Waals surface area contributed by atoms with Crippen molar-refractivity contribution in [1.29, 1.82) is 0 Å². The van der Waals surface area contributed by atoms with E-state index in [9.17, 15) is 8.42 Å². The minimum absolute atomic E-state index is 0.0142. The van der Waals surface area contributed by atoms with Crippen molar-refractivity contribution >= 4 is 22.7 Å². The van der Waals surface area contributed by atoms with Crippen LogP contribution in [0.5, 0.6) is 0 Å². The Hall–Kier alpha value is 0.140. The van der Waals surface area contributed by atoms with Crippen LogP contribution >= 0.6 is 0 Å². The molecule has 0 aliphatic rings. The summed E-state index contributed by atoms with van der Waals surface area (Å²) in [6, 6.07) is 0. The fourth-order valence-corrected chi connectivity index (χ4v) is 0.840. The van der Waals surface area contributed by atoms with E-state index in [0.717, 1.165) is 0 Å². The highest BCUT2D eigenvalue weighted by atomic mass is 32.2. The van der Waals surface area contributed by atoms with Gasteiger partial charge in [0.1, 0.15) is 0 Å². The van der Waals surface area contributed by atoms with Crippen LogP contribution in [0.25, 0.3) is 0 Å². The molecule has 0 rings (SSSR count). The van der Waals surface area contributed by atoms with E-state index in [1.807, 2.05) is 0 Å². The first kappa shape index (κ1) is 11.1. The van der Waals surface area contributed by atoms with Gasteiger partial charge in [0.05, 0.1) is 13.2 Å².